The molecule has 0 aliphatic carbocycles. The lowest BCUT2D eigenvalue weighted by molar-refractivity contribution is 0.992. The zero-order valence-electron chi connectivity index (χ0n) is 12.5. The summed E-state index contributed by atoms with van der Waals surface area (Å²) >= 11 is 6.01. The number of nitrogens with zero attached hydrogens (tertiary/aromatic N) is 3. The molecule has 0 saturated heterocycles. The topological polar surface area (TPSA) is 38.7 Å². The van der Waals surface area contributed by atoms with Crippen LogP contribution in [0.3, 0.4) is 0 Å². The number of halogens is 1. The number of aromatic nitrogens is 3. The van der Waals surface area contributed by atoms with Gasteiger partial charge in [0.2, 0.25) is 5.28 Å². The second-order valence-electron chi connectivity index (χ2n) is 4.19. The third kappa shape index (κ3) is 5.12. The molecular formula is C17H20ClN3. The molecule has 1 aromatic rings. The molecule has 0 N–H and O–H groups in total. The summed E-state index contributed by atoms with van der Waals surface area (Å²) in [6.07, 6.45) is 13.1. The van der Waals surface area contributed by atoms with Gasteiger partial charge in [-0.1, -0.05) is 63.5 Å². The van der Waals surface area contributed by atoms with Crippen molar-refractivity contribution in [2.45, 2.75) is 26.7 Å². The maximum absolute atomic E-state index is 6.01. The molecule has 0 saturated carbocycles. The van der Waals surface area contributed by atoms with Crippen molar-refractivity contribution in [2.75, 3.05) is 0 Å². The second-order valence-corrected chi connectivity index (χ2v) is 4.52. The van der Waals surface area contributed by atoms with Gasteiger partial charge in [-0.2, -0.15) is 9.97 Å². The van der Waals surface area contributed by atoms with Gasteiger partial charge in [0.25, 0.3) is 0 Å². The van der Waals surface area contributed by atoms with E-state index in [4.69, 9.17) is 11.6 Å². The SMILES string of the molecule is C=C/C(=C\C=C/CC)c1nc(Cl)nc(/C(C=C)=C/CC)n1. The van der Waals surface area contributed by atoms with Crippen molar-refractivity contribution in [3.8, 4) is 0 Å². The Hall–Kier alpha value is -2.00. The van der Waals surface area contributed by atoms with E-state index in [0.29, 0.717) is 11.6 Å². The van der Waals surface area contributed by atoms with Gasteiger partial charge >= 0.3 is 0 Å². The van der Waals surface area contributed by atoms with E-state index < -0.39 is 0 Å². The van der Waals surface area contributed by atoms with Gasteiger partial charge < -0.3 is 0 Å². The van der Waals surface area contributed by atoms with Crippen LogP contribution in [0.25, 0.3) is 11.1 Å². The molecule has 0 unspecified atom stereocenters. The van der Waals surface area contributed by atoms with Crippen LogP contribution >= 0.6 is 11.6 Å². The Bertz CT molecular complexity index is 598. The molecule has 110 valence electrons. The molecule has 0 atom stereocenters. The molecule has 4 heteroatoms. The third-order valence-electron chi connectivity index (χ3n) is 2.64. The lowest BCUT2D eigenvalue weighted by atomic mass is 10.2. The van der Waals surface area contributed by atoms with Crippen LogP contribution in [0.5, 0.6) is 0 Å². The zero-order chi connectivity index (χ0) is 15.7. The Morgan fingerprint density at radius 3 is 2.14 bits per heavy atom. The van der Waals surface area contributed by atoms with Crippen LogP contribution in [0.4, 0.5) is 0 Å². The first-order valence-electron chi connectivity index (χ1n) is 6.90. The summed E-state index contributed by atoms with van der Waals surface area (Å²) in [7, 11) is 0. The molecule has 1 heterocycles. The highest BCUT2D eigenvalue weighted by Gasteiger charge is 2.09. The van der Waals surface area contributed by atoms with E-state index in [1.807, 2.05) is 31.2 Å². The smallest absolute Gasteiger partial charge is 0.208 e. The van der Waals surface area contributed by atoms with Crippen molar-refractivity contribution in [1.82, 2.24) is 15.0 Å². The normalized spacial score (nSPS) is 12.7. The molecule has 0 bridgehead atoms. The Morgan fingerprint density at radius 1 is 1.00 bits per heavy atom. The van der Waals surface area contributed by atoms with Gasteiger partial charge in [-0.05, 0) is 24.4 Å². The van der Waals surface area contributed by atoms with Crippen molar-refractivity contribution in [2.24, 2.45) is 0 Å². The average Bonchev–Trinajstić information content (AvgIpc) is 2.48. The molecule has 21 heavy (non-hydrogen) atoms. The van der Waals surface area contributed by atoms with Crippen molar-refractivity contribution in [3.05, 3.63) is 66.5 Å². The first-order valence-corrected chi connectivity index (χ1v) is 7.28. The summed E-state index contributed by atoms with van der Waals surface area (Å²) in [5.74, 6) is 1.03. The van der Waals surface area contributed by atoms with Crippen molar-refractivity contribution in [1.29, 1.82) is 0 Å². The molecule has 0 aliphatic rings. The van der Waals surface area contributed by atoms with Crippen LogP contribution in [0.2, 0.25) is 5.28 Å². The van der Waals surface area contributed by atoms with E-state index in [-0.39, 0.29) is 5.28 Å². The molecule has 0 radical (unpaired) electrons. The van der Waals surface area contributed by atoms with Gasteiger partial charge in [0.05, 0.1) is 0 Å². The molecule has 1 aromatic heterocycles. The molecule has 3 nitrogen and oxygen atoms in total. The minimum absolute atomic E-state index is 0.158. The monoisotopic (exact) mass is 301 g/mol. The number of hydrogen-bond donors (Lipinski definition) is 0. The van der Waals surface area contributed by atoms with Crippen LogP contribution in [-0.4, -0.2) is 15.0 Å². The molecule has 0 amide bonds. The number of allylic oxidation sites excluding steroid dienone is 8. The van der Waals surface area contributed by atoms with E-state index in [2.05, 4.69) is 35.0 Å². The fourth-order valence-corrected chi connectivity index (χ4v) is 1.80. The molecule has 0 spiro atoms. The van der Waals surface area contributed by atoms with E-state index in [0.717, 1.165) is 24.0 Å². The minimum atomic E-state index is 0.158. The lowest BCUT2D eigenvalue weighted by Gasteiger charge is -2.05. The van der Waals surface area contributed by atoms with Crippen molar-refractivity contribution < 1.29 is 0 Å². The quantitative estimate of drug-likeness (QED) is 0.662. The Balaban J connectivity index is 3.31. The highest BCUT2D eigenvalue weighted by molar-refractivity contribution is 6.28. The summed E-state index contributed by atoms with van der Waals surface area (Å²) < 4.78 is 0. The summed E-state index contributed by atoms with van der Waals surface area (Å²) in [6, 6.07) is 0. The van der Waals surface area contributed by atoms with E-state index in [1.165, 1.54) is 0 Å². The lowest BCUT2D eigenvalue weighted by Crippen LogP contribution is -2.01. The van der Waals surface area contributed by atoms with E-state index in [9.17, 15) is 0 Å². The summed E-state index contributed by atoms with van der Waals surface area (Å²) in [5.41, 5.74) is 1.64. The Labute approximate surface area is 131 Å². The highest BCUT2D eigenvalue weighted by Crippen LogP contribution is 2.18. The van der Waals surface area contributed by atoms with Gasteiger partial charge in [0.1, 0.15) is 0 Å². The first kappa shape index (κ1) is 17.1. The van der Waals surface area contributed by atoms with Crippen LogP contribution in [0, 0.1) is 0 Å². The first-order chi connectivity index (χ1) is 10.2. The van der Waals surface area contributed by atoms with Crippen LogP contribution < -0.4 is 0 Å². The van der Waals surface area contributed by atoms with Crippen molar-refractivity contribution >= 4 is 22.7 Å². The molecule has 1 rings (SSSR count). The van der Waals surface area contributed by atoms with Crippen LogP contribution in [0.15, 0.2) is 49.6 Å². The average molecular weight is 302 g/mol. The molecule has 0 aliphatic heterocycles. The Kier molecular flexibility index (Phi) is 7.33. The number of rotatable bonds is 7. The predicted octanol–water partition coefficient (Wildman–Crippen LogP) is 5.04. The van der Waals surface area contributed by atoms with Gasteiger partial charge in [0, 0.05) is 11.1 Å². The predicted molar refractivity (Wildman–Crippen MR) is 90.9 cm³/mol. The second kappa shape index (κ2) is 9.03. The minimum Gasteiger partial charge on any atom is -0.208 e. The van der Waals surface area contributed by atoms with Crippen LogP contribution in [0.1, 0.15) is 38.3 Å². The highest BCUT2D eigenvalue weighted by atomic mass is 35.5. The zero-order valence-corrected chi connectivity index (χ0v) is 13.3. The fourth-order valence-electron chi connectivity index (χ4n) is 1.64. The van der Waals surface area contributed by atoms with Gasteiger partial charge in [-0.15, -0.1) is 0 Å². The van der Waals surface area contributed by atoms with Gasteiger partial charge in [-0.3, -0.25) is 0 Å². The van der Waals surface area contributed by atoms with E-state index >= 15 is 0 Å². The third-order valence-corrected chi connectivity index (χ3v) is 2.80. The molecule has 0 aromatic carbocycles. The van der Waals surface area contributed by atoms with Gasteiger partial charge in [-0.25, -0.2) is 4.98 Å². The number of hydrogen-bond acceptors (Lipinski definition) is 3. The standard InChI is InChI=1S/C17H20ClN3/c1-5-9-10-12-14(8-4)16-19-15(20-17(18)21-16)13(7-3)11-6-2/h7-12H,3-6H2,1-2H3/b10-9-,13-11+,14-12+. The molecular weight excluding hydrogens is 282 g/mol. The van der Waals surface area contributed by atoms with Gasteiger partial charge in [0.15, 0.2) is 11.6 Å². The summed E-state index contributed by atoms with van der Waals surface area (Å²) in [6.45, 7) is 11.7. The Morgan fingerprint density at radius 2 is 1.62 bits per heavy atom. The van der Waals surface area contributed by atoms with Crippen LogP contribution in [-0.2, 0) is 0 Å². The summed E-state index contributed by atoms with van der Waals surface area (Å²) in [4.78, 5) is 12.8. The largest absolute Gasteiger partial charge is 0.226 e. The van der Waals surface area contributed by atoms with E-state index in [1.54, 1.807) is 12.2 Å². The van der Waals surface area contributed by atoms with Crippen molar-refractivity contribution in [3.63, 3.8) is 0 Å². The maximum Gasteiger partial charge on any atom is 0.226 e. The summed E-state index contributed by atoms with van der Waals surface area (Å²) in [5, 5.41) is 0.158. The fraction of sp³-hybridized carbons (Fsp3) is 0.235. The molecule has 0 fully saturated rings. The maximum atomic E-state index is 6.01.